The van der Waals surface area contributed by atoms with Gasteiger partial charge in [0, 0.05) is 12.5 Å². The van der Waals surface area contributed by atoms with Crippen LogP contribution >= 0.6 is 0 Å². The van der Waals surface area contributed by atoms with Crippen LogP contribution in [0.4, 0.5) is 0 Å². The zero-order valence-electron chi connectivity index (χ0n) is 13.1. The molecule has 0 radical (unpaired) electrons. The highest BCUT2D eigenvalue weighted by Gasteiger charge is 2.30. The average molecular weight is 313 g/mol. The maximum absolute atomic E-state index is 9.56. The lowest BCUT2D eigenvalue weighted by molar-refractivity contribution is -0.0948. The second-order valence-electron chi connectivity index (χ2n) is 6.02. The Morgan fingerprint density at radius 2 is 1.78 bits per heavy atom. The monoisotopic (exact) mass is 313 g/mol. The van der Waals surface area contributed by atoms with Crippen molar-refractivity contribution >= 4 is 0 Å². The van der Waals surface area contributed by atoms with Crippen LogP contribution in [0.15, 0.2) is 54.6 Å². The number of aliphatic hydroxyl groups excluding tert-OH is 1. The van der Waals surface area contributed by atoms with Crippen LogP contribution in [0, 0.1) is 5.92 Å². The summed E-state index contributed by atoms with van der Waals surface area (Å²) in [6, 6.07) is 18.1. The van der Waals surface area contributed by atoms with Crippen molar-refractivity contribution in [3.63, 3.8) is 0 Å². The number of ether oxygens (including phenoxy) is 1. The van der Waals surface area contributed by atoms with Crippen molar-refractivity contribution in [1.82, 2.24) is 5.32 Å². The van der Waals surface area contributed by atoms with Crippen LogP contribution in [0.1, 0.15) is 23.5 Å². The third-order valence-corrected chi connectivity index (χ3v) is 4.47. The molecule has 4 heteroatoms. The molecule has 1 aliphatic heterocycles. The molecule has 3 N–H and O–H groups in total. The Morgan fingerprint density at radius 3 is 2.48 bits per heavy atom. The van der Waals surface area contributed by atoms with Gasteiger partial charge in [-0.25, -0.2) is 0 Å². The largest absolute Gasteiger partial charge is 0.489 e. The molecule has 3 rings (SSSR count). The first-order chi connectivity index (χ1) is 11.2. The van der Waals surface area contributed by atoms with Gasteiger partial charge < -0.3 is 20.3 Å². The van der Waals surface area contributed by atoms with Crippen LogP contribution in [0.25, 0.3) is 0 Å². The zero-order valence-corrected chi connectivity index (χ0v) is 13.1. The lowest BCUT2D eigenvalue weighted by Crippen LogP contribution is -2.41. The topological polar surface area (TPSA) is 61.7 Å². The van der Waals surface area contributed by atoms with E-state index in [0.717, 1.165) is 29.8 Å². The SMILES string of the molecule is OC(O)C1CNCCC1c1ccc(OCc2ccccc2)cc1. The maximum Gasteiger partial charge on any atom is 0.156 e. The third-order valence-electron chi connectivity index (χ3n) is 4.47. The Morgan fingerprint density at radius 1 is 1.04 bits per heavy atom. The summed E-state index contributed by atoms with van der Waals surface area (Å²) in [6.07, 6.45) is -0.381. The van der Waals surface area contributed by atoms with Crippen molar-refractivity contribution in [3.05, 3.63) is 65.7 Å². The van der Waals surface area contributed by atoms with Crippen molar-refractivity contribution < 1.29 is 14.9 Å². The molecule has 0 spiro atoms. The predicted octanol–water partition coefficient (Wildman–Crippen LogP) is 2.27. The molecule has 4 nitrogen and oxygen atoms in total. The molecule has 1 fully saturated rings. The summed E-state index contributed by atoms with van der Waals surface area (Å²) < 4.78 is 5.80. The Kier molecular flexibility index (Phi) is 5.28. The first-order valence-electron chi connectivity index (χ1n) is 8.07. The van der Waals surface area contributed by atoms with Crippen LogP contribution in [0.3, 0.4) is 0 Å². The first kappa shape index (κ1) is 16.0. The molecule has 2 atom stereocenters. The molecule has 1 saturated heterocycles. The van der Waals surface area contributed by atoms with Gasteiger partial charge in [-0.3, -0.25) is 0 Å². The van der Waals surface area contributed by atoms with E-state index in [2.05, 4.69) is 5.32 Å². The first-order valence-corrected chi connectivity index (χ1v) is 8.07. The van der Waals surface area contributed by atoms with Crippen molar-refractivity contribution in [3.8, 4) is 5.75 Å². The molecule has 23 heavy (non-hydrogen) atoms. The van der Waals surface area contributed by atoms with Gasteiger partial charge in [0.05, 0.1) is 0 Å². The second kappa shape index (κ2) is 7.59. The van der Waals surface area contributed by atoms with E-state index in [9.17, 15) is 10.2 Å². The Hall–Kier alpha value is -1.88. The fourth-order valence-corrected chi connectivity index (χ4v) is 3.16. The predicted molar refractivity (Wildman–Crippen MR) is 89.2 cm³/mol. The number of nitrogens with one attached hydrogen (secondary N) is 1. The molecule has 0 amide bonds. The molecular weight excluding hydrogens is 290 g/mol. The van der Waals surface area contributed by atoms with Gasteiger partial charge in [0.1, 0.15) is 12.4 Å². The van der Waals surface area contributed by atoms with Gasteiger partial charge >= 0.3 is 0 Å². The minimum Gasteiger partial charge on any atom is -0.489 e. The van der Waals surface area contributed by atoms with Crippen molar-refractivity contribution in [1.29, 1.82) is 0 Å². The second-order valence-corrected chi connectivity index (χ2v) is 6.02. The lowest BCUT2D eigenvalue weighted by atomic mass is 9.81. The van der Waals surface area contributed by atoms with Gasteiger partial charge in [0.25, 0.3) is 0 Å². The number of hydrogen-bond donors (Lipinski definition) is 3. The Labute approximate surface area is 136 Å². The zero-order chi connectivity index (χ0) is 16.1. The number of benzene rings is 2. The number of piperidine rings is 1. The normalized spacial score (nSPS) is 21.3. The summed E-state index contributed by atoms with van der Waals surface area (Å²) in [6.45, 7) is 2.08. The number of hydrogen-bond acceptors (Lipinski definition) is 4. The number of aliphatic hydroxyl groups is 2. The molecule has 0 saturated carbocycles. The van der Waals surface area contributed by atoms with Crippen LogP contribution in [0.5, 0.6) is 5.75 Å². The van der Waals surface area contributed by atoms with Crippen LogP contribution in [-0.4, -0.2) is 29.6 Å². The minimum atomic E-state index is -1.29. The summed E-state index contributed by atoms with van der Waals surface area (Å²) >= 11 is 0. The van der Waals surface area contributed by atoms with Gasteiger partial charge in [0.2, 0.25) is 0 Å². The smallest absolute Gasteiger partial charge is 0.156 e. The summed E-state index contributed by atoms with van der Waals surface area (Å²) in [7, 11) is 0. The van der Waals surface area contributed by atoms with E-state index >= 15 is 0 Å². The van der Waals surface area contributed by atoms with Gasteiger partial charge in [-0.05, 0) is 42.1 Å². The average Bonchev–Trinajstić information content (AvgIpc) is 2.61. The van der Waals surface area contributed by atoms with Crippen molar-refractivity contribution in [2.24, 2.45) is 5.92 Å². The van der Waals surface area contributed by atoms with Crippen LogP contribution < -0.4 is 10.1 Å². The van der Waals surface area contributed by atoms with Gasteiger partial charge in [-0.15, -0.1) is 0 Å². The molecule has 0 aliphatic carbocycles. The van der Waals surface area contributed by atoms with E-state index in [4.69, 9.17) is 4.74 Å². The van der Waals surface area contributed by atoms with E-state index in [-0.39, 0.29) is 11.8 Å². The fraction of sp³-hybridized carbons (Fsp3) is 0.368. The Balaban J connectivity index is 1.64. The van der Waals surface area contributed by atoms with Crippen molar-refractivity contribution in [2.75, 3.05) is 13.1 Å². The van der Waals surface area contributed by atoms with E-state index in [1.54, 1.807) is 0 Å². The van der Waals surface area contributed by atoms with Crippen molar-refractivity contribution in [2.45, 2.75) is 25.2 Å². The van der Waals surface area contributed by atoms with E-state index in [1.807, 2.05) is 54.6 Å². The van der Waals surface area contributed by atoms with Gasteiger partial charge in [-0.2, -0.15) is 0 Å². The highest BCUT2D eigenvalue weighted by Crippen LogP contribution is 2.32. The molecule has 122 valence electrons. The van der Waals surface area contributed by atoms with Crippen LogP contribution in [-0.2, 0) is 6.61 Å². The summed E-state index contributed by atoms with van der Waals surface area (Å²) in [5.41, 5.74) is 2.27. The van der Waals surface area contributed by atoms with Crippen LogP contribution in [0.2, 0.25) is 0 Å². The maximum atomic E-state index is 9.56. The molecular formula is C19H23NO3. The van der Waals surface area contributed by atoms with E-state index < -0.39 is 6.29 Å². The Bertz CT molecular complexity index is 598. The highest BCUT2D eigenvalue weighted by atomic mass is 16.5. The lowest BCUT2D eigenvalue weighted by Gasteiger charge is -2.33. The highest BCUT2D eigenvalue weighted by molar-refractivity contribution is 5.30. The molecule has 1 heterocycles. The number of rotatable bonds is 5. The summed E-state index contributed by atoms with van der Waals surface area (Å²) in [4.78, 5) is 0. The fourth-order valence-electron chi connectivity index (χ4n) is 3.16. The standard InChI is InChI=1S/C19H23NO3/c21-19(22)18-12-20-11-10-17(18)15-6-8-16(9-7-15)23-13-14-4-2-1-3-5-14/h1-9,17-22H,10-13H2. The van der Waals surface area contributed by atoms with E-state index in [1.165, 1.54) is 0 Å². The van der Waals surface area contributed by atoms with Gasteiger partial charge in [0.15, 0.2) is 6.29 Å². The quantitative estimate of drug-likeness (QED) is 0.741. The van der Waals surface area contributed by atoms with Gasteiger partial charge in [-0.1, -0.05) is 42.5 Å². The summed E-state index contributed by atoms with van der Waals surface area (Å²) in [5.74, 6) is 0.826. The third kappa shape index (κ3) is 4.10. The molecule has 2 aromatic carbocycles. The summed E-state index contributed by atoms with van der Waals surface area (Å²) in [5, 5.41) is 22.4. The molecule has 1 aliphatic rings. The minimum absolute atomic E-state index is 0.166. The molecule has 2 aromatic rings. The van der Waals surface area contributed by atoms with E-state index in [0.29, 0.717) is 13.2 Å². The molecule has 2 unspecified atom stereocenters. The molecule has 0 bridgehead atoms. The molecule has 0 aromatic heterocycles.